The highest BCUT2D eigenvalue weighted by Crippen LogP contribution is 2.36. The van der Waals surface area contributed by atoms with Gasteiger partial charge >= 0.3 is 6.18 Å². The first-order chi connectivity index (χ1) is 13.8. The summed E-state index contributed by atoms with van der Waals surface area (Å²) in [5, 5.41) is 8.67. The largest absolute Gasteiger partial charge is 0.418 e. The van der Waals surface area contributed by atoms with Gasteiger partial charge in [0.2, 0.25) is 5.89 Å². The molecule has 1 aromatic heterocycles. The topological polar surface area (TPSA) is 80.0 Å². The van der Waals surface area contributed by atoms with E-state index in [1.807, 2.05) is 6.92 Å². The molecule has 0 aliphatic rings. The zero-order chi connectivity index (χ0) is 21.0. The number of benzene rings is 2. The number of rotatable bonds is 6. The second-order valence-corrected chi connectivity index (χ2v) is 6.03. The van der Waals surface area contributed by atoms with Crippen LogP contribution in [0.3, 0.4) is 0 Å². The van der Waals surface area contributed by atoms with E-state index in [2.05, 4.69) is 20.8 Å². The van der Waals surface area contributed by atoms with Gasteiger partial charge in [-0.05, 0) is 42.5 Å². The van der Waals surface area contributed by atoms with Crippen molar-refractivity contribution in [1.82, 2.24) is 10.1 Å². The predicted molar refractivity (Wildman–Crippen MR) is 96.8 cm³/mol. The maximum absolute atomic E-state index is 13.5. The molecule has 2 aromatic carbocycles. The molecule has 0 saturated heterocycles. The van der Waals surface area contributed by atoms with Crippen molar-refractivity contribution in [3.63, 3.8) is 0 Å². The van der Waals surface area contributed by atoms with Crippen molar-refractivity contribution in [3.05, 3.63) is 71.1 Å². The first-order valence-electron chi connectivity index (χ1n) is 8.59. The van der Waals surface area contributed by atoms with Gasteiger partial charge in [0.1, 0.15) is 5.82 Å². The fraction of sp³-hybridized carbons (Fsp3) is 0.211. The molecule has 3 rings (SSSR count). The van der Waals surface area contributed by atoms with Crippen LogP contribution in [0.15, 0.2) is 47.0 Å². The van der Waals surface area contributed by atoms with Crippen LogP contribution in [-0.4, -0.2) is 16.0 Å². The minimum absolute atomic E-state index is 0.0525. The van der Waals surface area contributed by atoms with E-state index >= 15 is 0 Å². The molecule has 0 bridgehead atoms. The van der Waals surface area contributed by atoms with Crippen molar-refractivity contribution in [3.8, 4) is 0 Å². The highest BCUT2D eigenvalue weighted by atomic mass is 19.4. The minimum atomic E-state index is -4.66. The average Bonchev–Trinajstić information content (AvgIpc) is 3.15. The van der Waals surface area contributed by atoms with E-state index in [-0.39, 0.29) is 29.4 Å². The first-order valence-corrected chi connectivity index (χ1v) is 8.59. The number of aryl methyl sites for hydroxylation is 1. The maximum atomic E-state index is 13.5. The summed E-state index contributed by atoms with van der Waals surface area (Å²) < 4.78 is 58.3. The van der Waals surface area contributed by atoms with E-state index in [1.54, 1.807) is 0 Å². The van der Waals surface area contributed by atoms with Crippen LogP contribution in [0.4, 0.5) is 28.9 Å². The Kier molecular flexibility index (Phi) is 5.81. The first kappa shape index (κ1) is 20.3. The summed E-state index contributed by atoms with van der Waals surface area (Å²) >= 11 is 0. The second kappa shape index (κ2) is 8.29. The van der Waals surface area contributed by atoms with Gasteiger partial charge in [-0.15, -0.1) is 0 Å². The molecule has 1 amide bonds. The normalized spacial score (nSPS) is 11.3. The van der Waals surface area contributed by atoms with Gasteiger partial charge in [0.25, 0.3) is 5.91 Å². The summed E-state index contributed by atoms with van der Waals surface area (Å²) in [6.07, 6.45) is -4.12. The smallest absolute Gasteiger partial charge is 0.376 e. The molecular formula is C19H16F4N4O2. The molecular weight excluding hydrogens is 392 g/mol. The zero-order valence-electron chi connectivity index (χ0n) is 15.2. The number of hydrogen-bond acceptors (Lipinski definition) is 5. The maximum Gasteiger partial charge on any atom is 0.418 e. The number of amides is 1. The van der Waals surface area contributed by atoms with Gasteiger partial charge in [-0.25, -0.2) is 4.39 Å². The quantitative estimate of drug-likeness (QED) is 0.580. The molecule has 0 unspecified atom stereocenters. The van der Waals surface area contributed by atoms with Gasteiger partial charge in [0.15, 0.2) is 5.82 Å². The molecule has 2 N–H and O–H groups in total. The molecule has 1 heterocycles. The molecule has 0 spiro atoms. The molecule has 0 saturated carbocycles. The lowest BCUT2D eigenvalue weighted by molar-refractivity contribution is -0.136. The molecule has 6 nitrogen and oxygen atoms in total. The summed E-state index contributed by atoms with van der Waals surface area (Å²) in [5.41, 5.74) is -1.10. The standard InChI is InChI=1S/C19H16F4N4O2/c1-2-16-26-17(29-27-16)10-24-15-8-7-13(9-14(15)19(21,22)23)25-18(28)11-3-5-12(20)6-4-11/h3-9,24H,2,10H2,1H3,(H,25,28). The van der Waals surface area contributed by atoms with Gasteiger partial charge in [-0.1, -0.05) is 12.1 Å². The number of halogens is 4. The van der Waals surface area contributed by atoms with Crippen molar-refractivity contribution >= 4 is 17.3 Å². The summed E-state index contributed by atoms with van der Waals surface area (Å²) in [5.74, 6) is -0.569. The van der Waals surface area contributed by atoms with Crippen molar-refractivity contribution in [2.24, 2.45) is 0 Å². The van der Waals surface area contributed by atoms with Crippen molar-refractivity contribution in [1.29, 1.82) is 0 Å². The lowest BCUT2D eigenvalue weighted by atomic mass is 10.1. The lowest BCUT2D eigenvalue weighted by Crippen LogP contribution is -2.15. The Morgan fingerprint density at radius 2 is 1.86 bits per heavy atom. The van der Waals surface area contributed by atoms with Gasteiger partial charge in [-0.2, -0.15) is 18.2 Å². The molecule has 0 radical (unpaired) electrons. The third kappa shape index (κ3) is 5.09. The number of nitrogens with zero attached hydrogens (tertiary/aromatic N) is 2. The van der Waals surface area contributed by atoms with E-state index in [0.717, 1.165) is 18.2 Å². The molecule has 0 aliphatic heterocycles. The highest BCUT2D eigenvalue weighted by molar-refractivity contribution is 6.04. The van der Waals surface area contributed by atoms with Gasteiger partial charge in [0.05, 0.1) is 12.1 Å². The lowest BCUT2D eigenvalue weighted by Gasteiger charge is -2.16. The minimum Gasteiger partial charge on any atom is -0.376 e. The fourth-order valence-corrected chi connectivity index (χ4v) is 2.49. The van der Waals surface area contributed by atoms with Crippen LogP contribution < -0.4 is 10.6 Å². The van der Waals surface area contributed by atoms with Gasteiger partial charge < -0.3 is 15.2 Å². The summed E-state index contributed by atoms with van der Waals surface area (Å²) in [4.78, 5) is 16.2. The molecule has 0 aliphatic carbocycles. The van der Waals surface area contributed by atoms with E-state index in [0.29, 0.717) is 12.2 Å². The van der Waals surface area contributed by atoms with Crippen molar-refractivity contribution in [2.75, 3.05) is 10.6 Å². The SMILES string of the molecule is CCc1noc(CNc2ccc(NC(=O)c3ccc(F)cc3)cc2C(F)(F)F)n1. The van der Waals surface area contributed by atoms with Gasteiger partial charge in [0, 0.05) is 23.4 Å². The Bertz CT molecular complexity index is 1000. The van der Waals surface area contributed by atoms with Crippen LogP contribution in [0.2, 0.25) is 0 Å². The van der Waals surface area contributed by atoms with Crippen LogP contribution in [0.25, 0.3) is 0 Å². The Morgan fingerprint density at radius 1 is 1.14 bits per heavy atom. The third-order valence-corrected chi connectivity index (χ3v) is 3.95. The summed E-state index contributed by atoms with van der Waals surface area (Å²) in [7, 11) is 0. The average molecular weight is 408 g/mol. The number of carbonyl (C=O) groups excluding carboxylic acids is 1. The van der Waals surface area contributed by atoms with E-state index in [9.17, 15) is 22.4 Å². The molecule has 29 heavy (non-hydrogen) atoms. The molecule has 0 fully saturated rings. The van der Waals surface area contributed by atoms with Crippen LogP contribution in [0, 0.1) is 5.82 Å². The van der Waals surface area contributed by atoms with Crippen LogP contribution >= 0.6 is 0 Å². The van der Waals surface area contributed by atoms with Crippen LogP contribution in [0.5, 0.6) is 0 Å². The summed E-state index contributed by atoms with van der Waals surface area (Å²) in [6.45, 7) is 1.74. The number of nitrogens with one attached hydrogen (secondary N) is 2. The summed E-state index contributed by atoms with van der Waals surface area (Å²) in [6, 6.07) is 7.98. The number of anilines is 2. The van der Waals surface area contributed by atoms with Crippen molar-refractivity contribution in [2.45, 2.75) is 26.1 Å². The molecule has 152 valence electrons. The Balaban J connectivity index is 1.78. The number of alkyl halides is 3. The predicted octanol–water partition coefficient (Wildman–Crippen LogP) is 4.65. The van der Waals surface area contributed by atoms with Crippen LogP contribution in [0.1, 0.15) is 34.6 Å². The van der Waals surface area contributed by atoms with Gasteiger partial charge in [-0.3, -0.25) is 4.79 Å². The molecule has 0 atom stereocenters. The van der Waals surface area contributed by atoms with E-state index in [4.69, 9.17) is 4.52 Å². The number of carbonyl (C=O) groups is 1. The monoisotopic (exact) mass is 408 g/mol. The van der Waals surface area contributed by atoms with Crippen molar-refractivity contribution < 1.29 is 26.9 Å². The fourth-order valence-electron chi connectivity index (χ4n) is 2.49. The zero-order valence-corrected chi connectivity index (χ0v) is 15.2. The Morgan fingerprint density at radius 3 is 2.48 bits per heavy atom. The molecule has 10 heteroatoms. The second-order valence-electron chi connectivity index (χ2n) is 6.03. The van der Waals surface area contributed by atoms with E-state index in [1.165, 1.54) is 24.3 Å². The number of hydrogen-bond donors (Lipinski definition) is 2. The number of aromatic nitrogens is 2. The van der Waals surface area contributed by atoms with Crippen LogP contribution in [-0.2, 0) is 19.1 Å². The third-order valence-electron chi connectivity index (χ3n) is 3.95. The van der Waals surface area contributed by atoms with E-state index < -0.39 is 23.5 Å². The Labute approximate surface area is 162 Å². The molecule has 3 aromatic rings. The Hall–Kier alpha value is -3.43. The highest BCUT2D eigenvalue weighted by Gasteiger charge is 2.34.